The quantitative estimate of drug-likeness (QED) is 0.747. The van der Waals surface area contributed by atoms with Gasteiger partial charge in [0.1, 0.15) is 6.54 Å². The van der Waals surface area contributed by atoms with Gasteiger partial charge >= 0.3 is 0 Å². The third kappa shape index (κ3) is 3.46. The second-order valence-corrected chi connectivity index (χ2v) is 7.75. The van der Waals surface area contributed by atoms with Crippen LogP contribution in [0.4, 0.5) is 5.13 Å². The lowest BCUT2D eigenvalue weighted by molar-refractivity contribution is -0.117. The third-order valence-corrected chi connectivity index (χ3v) is 5.28. The maximum atomic E-state index is 13.2. The fourth-order valence-electron chi connectivity index (χ4n) is 3.05. The summed E-state index contributed by atoms with van der Waals surface area (Å²) in [6, 6.07) is 13.7. The maximum absolute atomic E-state index is 13.2. The van der Waals surface area contributed by atoms with Crippen molar-refractivity contribution >= 4 is 39.1 Å². The summed E-state index contributed by atoms with van der Waals surface area (Å²) in [5.74, 6) is -0.297. The molecule has 0 radical (unpaired) electrons. The monoisotopic (exact) mass is 365 g/mol. The molecule has 0 spiro atoms. The van der Waals surface area contributed by atoms with Gasteiger partial charge in [-0.15, -0.1) is 11.3 Å². The highest BCUT2D eigenvalue weighted by Crippen LogP contribution is 2.30. The van der Waals surface area contributed by atoms with Crippen LogP contribution in [0.5, 0.6) is 0 Å². The molecule has 0 unspecified atom stereocenters. The summed E-state index contributed by atoms with van der Waals surface area (Å²) in [4.78, 5) is 32.5. The molecule has 4 rings (SSSR count). The van der Waals surface area contributed by atoms with Gasteiger partial charge in [-0.3, -0.25) is 9.59 Å². The van der Waals surface area contributed by atoms with Crippen LogP contribution >= 0.6 is 11.3 Å². The maximum Gasteiger partial charge on any atom is 0.255 e. The van der Waals surface area contributed by atoms with Crippen LogP contribution in [0.2, 0.25) is 0 Å². The van der Waals surface area contributed by atoms with Gasteiger partial charge in [0.15, 0.2) is 5.13 Å². The number of aromatic nitrogens is 1. The second kappa shape index (κ2) is 6.88. The van der Waals surface area contributed by atoms with Gasteiger partial charge in [0.25, 0.3) is 5.91 Å². The highest BCUT2D eigenvalue weighted by molar-refractivity contribution is 7.15. The molecule has 132 valence electrons. The Morgan fingerprint density at radius 2 is 1.96 bits per heavy atom. The van der Waals surface area contributed by atoms with Crippen molar-refractivity contribution < 1.29 is 9.59 Å². The zero-order valence-corrected chi connectivity index (χ0v) is 15.3. The van der Waals surface area contributed by atoms with Crippen LogP contribution in [0.25, 0.3) is 10.8 Å². The molecule has 1 aromatic heterocycles. The van der Waals surface area contributed by atoms with Crippen molar-refractivity contribution in [2.24, 2.45) is 0 Å². The van der Waals surface area contributed by atoms with E-state index in [1.54, 1.807) is 11.1 Å². The number of amides is 2. The summed E-state index contributed by atoms with van der Waals surface area (Å²) in [7, 11) is 0. The smallest absolute Gasteiger partial charge is 0.255 e. The summed E-state index contributed by atoms with van der Waals surface area (Å²) < 4.78 is 0. The van der Waals surface area contributed by atoms with Crippen LogP contribution in [0.15, 0.2) is 48.7 Å². The van der Waals surface area contributed by atoms with Crippen molar-refractivity contribution in [3.8, 4) is 0 Å². The van der Waals surface area contributed by atoms with Gasteiger partial charge in [-0.1, -0.05) is 36.4 Å². The minimum atomic E-state index is -0.208. The lowest BCUT2D eigenvalue weighted by Gasteiger charge is -2.22. The van der Waals surface area contributed by atoms with E-state index in [1.807, 2.05) is 49.4 Å². The first kappa shape index (κ1) is 16.7. The molecule has 6 heteroatoms. The Kier molecular flexibility index (Phi) is 4.42. The molecule has 5 nitrogen and oxygen atoms in total. The number of nitrogens with zero attached hydrogens (tertiary/aromatic N) is 2. The van der Waals surface area contributed by atoms with E-state index >= 15 is 0 Å². The number of carbonyl (C=O) groups excluding carboxylic acids is 2. The lowest BCUT2D eigenvalue weighted by Crippen LogP contribution is -2.39. The Morgan fingerprint density at radius 1 is 1.19 bits per heavy atom. The fourth-order valence-corrected chi connectivity index (χ4v) is 3.73. The largest absolute Gasteiger partial charge is 0.326 e. The van der Waals surface area contributed by atoms with Gasteiger partial charge in [0.2, 0.25) is 5.91 Å². The molecule has 1 saturated carbocycles. The van der Waals surface area contributed by atoms with E-state index in [-0.39, 0.29) is 24.4 Å². The van der Waals surface area contributed by atoms with Crippen LogP contribution in [0, 0.1) is 6.92 Å². The van der Waals surface area contributed by atoms with E-state index in [0.29, 0.717) is 10.7 Å². The Balaban J connectivity index is 1.56. The van der Waals surface area contributed by atoms with Crippen molar-refractivity contribution in [3.05, 3.63) is 59.1 Å². The first-order valence-corrected chi connectivity index (χ1v) is 9.44. The Bertz CT molecular complexity index is 973. The minimum absolute atomic E-state index is 0.0470. The molecule has 1 N–H and O–H groups in total. The molecule has 1 aliphatic carbocycles. The molecular formula is C20H19N3O2S. The SMILES string of the molecule is Cc1cnc(NC(=O)CN(C(=O)c2cccc3ccccc23)C2CC2)s1. The van der Waals surface area contributed by atoms with Gasteiger partial charge in [0.05, 0.1) is 0 Å². The highest BCUT2D eigenvalue weighted by Gasteiger charge is 2.34. The van der Waals surface area contributed by atoms with Gasteiger partial charge in [-0.05, 0) is 36.6 Å². The van der Waals surface area contributed by atoms with Crippen LogP contribution in [-0.4, -0.2) is 34.3 Å². The van der Waals surface area contributed by atoms with Gasteiger partial charge in [-0.25, -0.2) is 4.98 Å². The van der Waals surface area contributed by atoms with E-state index in [0.717, 1.165) is 28.5 Å². The number of thiazole rings is 1. The average Bonchev–Trinajstić information content (AvgIpc) is 3.41. The molecule has 26 heavy (non-hydrogen) atoms. The van der Waals surface area contributed by atoms with Crippen LogP contribution < -0.4 is 5.32 Å². The number of nitrogens with one attached hydrogen (secondary N) is 1. The number of hydrogen-bond donors (Lipinski definition) is 1. The molecule has 0 saturated heterocycles. The molecular weight excluding hydrogens is 346 g/mol. The second-order valence-electron chi connectivity index (χ2n) is 6.52. The molecule has 2 aromatic carbocycles. The Hall–Kier alpha value is -2.73. The van der Waals surface area contributed by atoms with Crippen molar-refractivity contribution in [2.75, 3.05) is 11.9 Å². The summed E-state index contributed by atoms with van der Waals surface area (Å²) in [5, 5.41) is 5.31. The Labute approximate surface area is 155 Å². The van der Waals surface area contributed by atoms with Crippen molar-refractivity contribution in [3.63, 3.8) is 0 Å². The van der Waals surface area contributed by atoms with E-state index in [4.69, 9.17) is 0 Å². The van der Waals surface area contributed by atoms with Crippen LogP contribution in [0.3, 0.4) is 0 Å². The molecule has 1 heterocycles. The summed E-state index contributed by atoms with van der Waals surface area (Å²) in [6.07, 6.45) is 3.61. The predicted octanol–water partition coefficient (Wildman–Crippen LogP) is 3.85. The number of carbonyl (C=O) groups is 2. The van der Waals surface area contributed by atoms with E-state index in [2.05, 4.69) is 10.3 Å². The standard InChI is InChI=1S/C20H19N3O2S/c1-13-11-21-20(26-13)22-18(24)12-23(15-9-10-15)19(25)17-8-4-6-14-5-2-3-7-16(14)17/h2-8,11,15H,9-10,12H2,1H3,(H,21,22,24). The van der Waals surface area contributed by atoms with E-state index in [9.17, 15) is 9.59 Å². The van der Waals surface area contributed by atoms with E-state index < -0.39 is 0 Å². The third-order valence-electron chi connectivity index (χ3n) is 4.45. The molecule has 1 fully saturated rings. The van der Waals surface area contributed by atoms with Crippen molar-refractivity contribution in [2.45, 2.75) is 25.8 Å². The number of anilines is 1. The van der Waals surface area contributed by atoms with Gasteiger partial charge < -0.3 is 10.2 Å². The minimum Gasteiger partial charge on any atom is -0.326 e. The average molecular weight is 365 g/mol. The molecule has 0 atom stereocenters. The van der Waals surface area contributed by atoms with Crippen LogP contribution in [0.1, 0.15) is 28.1 Å². The normalized spacial score (nSPS) is 13.6. The summed E-state index contributed by atoms with van der Waals surface area (Å²) >= 11 is 1.43. The number of rotatable bonds is 5. The lowest BCUT2D eigenvalue weighted by atomic mass is 10.0. The van der Waals surface area contributed by atoms with Crippen molar-refractivity contribution in [1.29, 1.82) is 0 Å². The molecule has 0 bridgehead atoms. The molecule has 0 aliphatic heterocycles. The predicted molar refractivity (Wildman–Crippen MR) is 103 cm³/mol. The zero-order valence-electron chi connectivity index (χ0n) is 14.4. The fraction of sp³-hybridized carbons (Fsp3) is 0.250. The summed E-state index contributed by atoms with van der Waals surface area (Å²) in [6.45, 7) is 1.99. The van der Waals surface area contributed by atoms with Gasteiger partial charge in [0, 0.05) is 22.7 Å². The number of benzene rings is 2. The number of fused-ring (bicyclic) bond motifs is 1. The van der Waals surface area contributed by atoms with E-state index in [1.165, 1.54) is 11.3 Å². The van der Waals surface area contributed by atoms with Crippen molar-refractivity contribution in [1.82, 2.24) is 9.88 Å². The molecule has 3 aromatic rings. The number of aryl methyl sites for hydroxylation is 1. The number of hydrogen-bond acceptors (Lipinski definition) is 4. The molecule has 2 amide bonds. The van der Waals surface area contributed by atoms with Gasteiger partial charge in [-0.2, -0.15) is 0 Å². The summed E-state index contributed by atoms with van der Waals surface area (Å²) in [5.41, 5.74) is 0.646. The topological polar surface area (TPSA) is 62.3 Å². The first-order valence-electron chi connectivity index (χ1n) is 8.63. The molecule has 1 aliphatic rings. The zero-order chi connectivity index (χ0) is 18.1. The Morgan fingerprint density at radius 3 is 2.69 bits per heavy atom. The first-order chi connectivity index (χ1) is 12.6. The highest BCUT2D eigenvalue weighted by atomic mass is 32.1. The van der Waals surface area contributed by atoms with Crippen LogP contribution in [-0.2, 0) is 4.79 Å².